The summed E-state index contributed by atoms with van der Waals surface area (Å²) in [4.78, 5) is 22.8. The van der Waals surface area contributed by atoms with Gasteiger partial charge in [-0.05, 0) is 26.0 Å². The van der Waals surface area contributed by atoms with E-state index in [4.69, 9.17) is 4.74 Å². The van der Waals surface area contributed by atoms with Gasteiger partial charge in [-0.1, -0.05) is 0 Å². The summed E-state index contributed by atoms with van der Waals surface area (Å²) < 4.78 is 7.37. The number of methoxy groups -OCH3 is 1. The van der Waals surface area contributed by atoms with Crippen molar-refractivity contribution in [3.63, 3.8) is 0 Å². The normalized spacial score (nSPS) is 14.8. The van der Waals surface area contributed by atoms with E-state index in [1.165, 1.54) is 0 Å². The van der Waals surface area contributed by atoms with Gasteiger partial charge in [0.1, 0.15) is 12.4 Å². The first-order chi connectivity index (χ1) is 11.1. The highest BCUT2D eigenvalue weighted by Gasteiger charge is 2.32. The van der Waals surface area contributed by atoms with Crippen LogP contribution in [0, 0.1) is 19.8 Å². The number of carbonyl (C=O) groups is 1. The first-order valence-electron chi connectivity index (χ1n) is 7.80. The fourth-order valence-corrected chi connectivity index (χ4v) is 2.89. The van der Waals surface area contributed by atoms with E-state index in [0.717, 1.165) is 36.8 Å². The maximum Gasteiger partial charge on any atom is 0.255 e. The third-order valence-electron chi connectivity index (χ3n) is 4.25. The molecule has 0 spiro atoms. The fourth-order valence-electron chi connectivity index (χ4n) is 2.89. The van der Waals surface area contributed by atoms with E-state index >= 15 is 0 Å². The number of carbonyl (C=O) groups excluding carboxylic acids is 1. The molecule has 6 nitrogen and oxygen atoms in total. The summed E-state index contributed by atoms with van der Waals surface area (Å²) in [5.74, 6) is 1.46. The van der Waals surface area contributed by atoms with Crippen LogP contribution in [-0.4, -0.2) is 45.5 Å². The molecule has 0 aliphatic carbocycles. The molecule has 0 unspecified atom stereocenters. The number of nitrogens with zero attached hydrogens (tertiary/aromatic N) is 4. The lowest BCUT2D eigenvalue weighted by atomic mass is 9.98. The van der Waals surface area contributed by atoms with E-state index < -0.39 is 0 Å². The Kier molecular flexibility index (Phi) is 4.43. The maximum absolute atomic E-state index is 12.4. The van der Waals surface area contributed by atoms with Crippen LogP contribution in [0.2, 0.25) is 0 Å². The number of imidazole rings is 1. The van der Waals surface area contributed by atoms with Crippen molar-refractivity contribution in [1.82, 2.24) is 19.4 Å². The van der Waals surface area contributed by atoms with Crippen LogP contribution in [0.4, 0.5) is 0 Å². The highest BCUT2D eigenvalue weighted by molar-refractivity contribution is 5.94. The van der Waals surface area contributed by atoms with Gasteiger partial charge in [-0.25, -0.2) is 4.98 Å². The van der Waals surface area contributed by atoms with Crippen LogP contribution in [0.5, 0.6) is 0 Å². The molecule has 0 N–H and O–H groups in total. The van der Waals surface area contributed by atoms with E-state index in [1.807, 2.05) is 37.1 Å². The molecule has 3 heterocycles. The van der Waals surface area contributed by atoms with E-state index in [1.54, 1.807) is 13.3 Å². The molecular formula is C17H22N4O2. The molecule has 1 saturated heterocycles. The summed E-state index contributed by atoms with van der Waals surface area (Å²) in [6.45, 7) is 6.90. The molecule has 0 radical (unpaired) electrons. The van der Waals surface area contributed by atoms with Crippen molar-refractivity contribution in [3.8, 4) is 0 Å². The Morgan fingerprint density at radius 3 is 2.70 bits per heavy atom. The predicted molar refractivity (Wildman–Crippen MR) is 86.0 cm³/mol. The zero-order chi connectivity index (χ0) is 16.4. The van der Waals surface area contributed by atoms with Crippen LogP contribution < -0.4 is 0 Å². The van der Waals surface area contributed by atoms with Crippen LogP contribution in [0.3, 0.4) is 0 Å². The number of aromatic nitrogens is 3. The number of amides is 1. The van der Waals surface area contributed by atoms with Crippen molar-refractivity contribution < 1.29 is 9.53 Å². The molecule has 23 heavy (non-hydrogen) atoms. The molecule has 1 amide bonds. The average Bonchev–Trinajstić information content (AvgIpc) is 2.83. The number of hydrogen-bond donors (Lipinski definition) is 0. The van der Waals surface area contributed by atoms with Gasteiger partial charge in [-0.15, -0.1) is 0 Å². The Balaban J connectivity index is 1.58. The third-order valence-corrected chi connectivity index (χ3v) is 4.25. The molecule has 122 valence electrons. The molecule has 2 aromatic rings. The van der Waals surface area contributed by atoms with E-state index in [9.17, 15) is 4.79 Å². The molecule has 2 aromatic heterocycles. The minimum absolute atomic E-state index is 0.0632. The first-order valence-corrected chi connectivity index (χ1v) is 7.80. The summed E-state index contributed by atoms with van der Waals surface area (Å²) in [6, 6.07) is 3.71. The maximum atomic E-state index is 12.4. The van der Waals surface area contributed by atoms with Crippen molar-refractivity contribution in [2.75, 3.05) is 20.2 Å². The standard InChI is InChI=1S/C17H22N4O2/c1-12-4-5-15(7-18-12)17(22)20-8-14(9-20)10-21-13(2)6-19-16(21)11-23-3/h4-7,14H,8-11H2,1-3H3. The van der Waals surface area contributed by atoms with Gasteiger partial charge in [-0.3, -0.25) is 9.78 Å². The molecule has 3 rings (SSSR count). The third kappa shape index (κ3) is 3.27. The molecule has 0 bridgehead atoms. The van der Waals surface area contributed by atoms with E-state index in [-0.39, 0.29) is 5.91 Å². The number of likely N-dealkylation sites (tertiary alicyclic amines) is 1. The second kappa shape index (κ2) is 6.50. The highest BCUT2D eigenvalue weighted by Crippen LogP contribution is 2.22. The Bertz CT molecular complexity index is 687. The molecule has 1 aliphatic rings. The van der Waals surface area contributed by atoms with Crippen LogP contribution in [0.15, 0.2) is 24.5 Å². The van der Waals surface area contributed by atoms with Crippen LogP contribution in [-0.2, 0) is 17.9 Å². The molecule has 0 saturated carbocycles. The minimum Gasteiger partial charge on any atom is -0.377 e. The molecular weight excluding hydrogens is 292 g/mol. The van der Waals surface area contributed by atoms with Crippen LogP contribution >= 0.6 is 0 Å². The van der Waals surface area contributed by atoms with Crippen molar-refractivity contribution in [3.05, 3.63) is 47.3 Å². The number of hydrogen-bond acceptors (Lipinski definition) is 4. The second-order valence-electron chi connectivity index (χ2n) is 6.12. The molecule has 0 atom stereocenters. The quantitative estimate of drug-likeness (QED) is 0.844. The Hall–Kier alpha value is -2.21. The topological polar surface area (TPSA) is 60.2 Å². The number of rotatable bonds is 5. The second-order valence-corrected chi connectivity index (χ2v) is 6.12. The summed E-state index contributed by atoms with van der Waals surface area (Å²) in [5.41, 5.74) is 2.71. The molecule has 6 heteroatoms. The van der Waals surface area contributed by atoms with Crippen molar-refractivity contribution >= 4 is 5.91 Å². The summed E-state index contributed by atoms with van der Waals surface area (Å²) in [5, 5.41) is 0. The SMILES string of the molecule is COCc1ncc(C)n1CC1CN(C(=O)c2ccc(C)nc2)C1. The first kappa shape index (κ1) is 15.7. The van der Waals surface area contributed by atoms with Gasteiger partial charge in [0.05, 0.1) is 5.56 Å². The van der Waals surface area contributed by atoms with Crippen molar-refractivity contribution in [2.45, 2.75) is 27.0 Å². The Morgan fingerprint density at radius 2 is 2.04 bits per heavy atom. The van der Waals surface area contributed by atoms with Gasteiger partial charge >= 0.3 is 0 Å². The van der Waals surface area contributed by atoms with E-state index in [0.29, 0.717) is 18.1 Å². The smallest absolute Gasteiger partial charge is 0.255 e. The number of pyridine rings is 1. The predicted octanol–water partition coefficient (Wildman–Crippen LogP) is 1.81. The van der Waals surface area contributed by atoms with Crippen LogP contribution in [0.25, 0.3) is 0 Å². The van der Waals surface area contributed by atoms with Crippen molar-refractivity contribution in [1.29, 1.82) is 0 Å². The van der Waals surface area contributed by atoms with Crippen LogP contribution in [0.1, 0.15) is 27.6 Å². The zero-order valence-electron chi connectivity index (χ0n) is 13.8. The minimum atomic E-state index is 0.0632. The zero-order valence-corrected chi connectivity index (χ0v) is 13.8. The fraction of sp³-hybridized carbons (Fsp3) is 0.471. The lowest BCUT2D eigenvalue weighted by Gasteiger charge is -2.39. The largest absolute Gasteiger partial charge is 0.377 e. The van der Waals surface area contributed by atoms with Gasteiger partial charge in [-0.2, -0.15) is 0 Å². The van der Waals surface area contributed by atoms with Gasteiger partial charge in [0.2, 0.25) is 0 Å². The lowest BCUT2D eigenvalue weighted by molar-refractivity contribution is 0.0462. The molecule has 0 aromatic carbocycles. The van der Waals surface area contributed by atoms with Crippen molar-refractivity contribution in [2.24, 2.45) is 5.92 Å². The monoisotopic (exact) mass is 314 g/mol. The summed E-state index contributed by atoms with van der Waals surface area (Å²) >= 11 is 0. The average molecular weight is 314 g/mol. The lowest BCUT2D eigenvalue weighted by Crippen LogP contribution is -2.51. The van der Waals surface area contributed by atoms with Gasteiger partial charge in [0, 0.05) is 56.4 Å². The summed E-state index contributed by atoms with van der Waals surface area (Å²) in [6.07, 6.45) is 3.52. The van der Waals surface area contributed by atoms with E-state index in [2.05, 4.69) is 14.5 Å². The van der Waals surface area contributed by atoms with Gasteiger partial charge in [0.15, 0.2) is 0 Å². The van der Waals surface area contributed by atoms with Gasteiger partial charge in [0.25, 0.3) is 5.91 Å². The number of aryl methyl sites for hydroxylation is 2. The highest BCUT2D eigenvalue weighted by atomic mass is 16.5. The van der Waals surface area contributed by atoms with Gasteiger partial charge < -0.3 is 14.2 Å². The molecule has 1 fully saturated rings. The Morgan fingerprint density at radius 1 is 1.26 bits per heavy atom. The summed E-state index contributed by atoms with van der Waals surface area (Å²) in [7, 11) is 1.67. The number of ether oxygens (including phenoxy) is 1. The Labute approximate surface area is 136 Å². The molecule has 1 aliphatic heterocycles.